The molecule has 1 unspecified atom stereocenters. The summed E-state index contributed by atoms with van der Waals surface area (Å²) in [5, 5.41) is 3.31. The minimum absolute atomic E-state index is 0.0151. The fraction of sp³-hybridized carbons (Fsp3) is 0.417. The quantitative estimate of drug-likeness (QED) is 0.449. The van der Waals surface area contributed by atoms with Crippen molar-refractivity contribution in [3.8, 4) is 11.5 Å². The minimum Gasteiger partial charge on any atom is -0.493 e. The topological polar surface area (TPSA) is 104 Å². The van der Waals surface area contributed by atoms with E-state index in [0.717, 1.165) is 30.4 Å². The van der Waals surface area contributed by atoms with Crippen molar-refractivity contribution in [1.82, 2.24) is 4.98 Å². The SMILES string of the molecule is CCS(=O)(=O)c1ccc(C(OC2CCCC2)C(=O)Nc2nc3cc(OC)c(OC)cc3s2)cc1. The first kappa shape index (κ1) is 24.4. The summed E-state index contributed by atoms with van der Waals surface area (Å²) in [6.07, 6.45) is 3.03. The molecule has 1 heterocycles. The van der Waals surface area contributed by atoms with Gasteiger partial charge in [-0.05, 0) is 30.5 Å². The average Bonchev–Trinajstić information content (AvgIpc) is 3.50. The Morgan fingerprint density at radius 3 is 2.38 bits per heavy atom. The van der Waals surface area contributed by atoms with Crippen LogP contribution in [0.5, 0.6) is 11.5 Å². The average molecular weight is 505 g/mol. The first-order valence-electron chi connectivity index (χ1n) is 11.2. The Kier molecular flexibility index (Phi) is 7.39. The Balaban J connectivity index is 1.60. The van der Waals surface area contributed by atoms with Gasteiger partial charge in [0.25, 0.3) is 5.91 Å². The van der Waals surface area contributed by atoms with E-state index in [2.05, 4.69) is 10.3 Å². The van der Waals surface area contributed by atoms with E-state index < -0.39 is 15.9 Å². The number of fused-ring (bicyclic) bond motifs is 1. The van der Waals surface area contributed by atoms with Crippen molar-refractivity contribution < 1.29 is 27.4 Å². The van der Waals surface area contributed by atoms with Crippen LogP contribution in [0.2, 0.25) is 0 Å². The Bertz CT molecular complexity index is 1220. The molecule has 1 aromatic heterocycles. The lowest BCUT2D eigenvalue weighted by molar-refractivity contribution is -0.131. The Morgan fingerprint density at radius 1 is 1.12 bits per heavy atom. The lowest BCUT2D eigenvalue weighted by Gasteiger charge is -2.21. The van der Waals surface area contributed by atoms with Gasteiger partial charge in [-0.3, -0.25) is 10.1 Å². The highest BCUT2D eigenvalue weighted by atomic mass is 32.2. The minimum atomic E-state index is -3.33. The van der Waals surface area contributed by atoms with Gasteiger partial charge in [-0.2, -0.15) is 0 Å². The van der Waals surface area contributed by atoms with Crippen LogP contribution in [-0.2, 0) is 19.4 Å². The van der Waals surface area contributed by atoms with E-state index in [1.165, 1.54) is 23.5 Å². The fourth-order valence-corrected chi connectivity index (χ4v) is 5.77. The molecule has 0 aliphatic heterocycles. The Hall–Kier alpha value is -2.69. The molecule has 1 aliphatic carbocycles. The van der Waals surface area contributed by atoms with Gasteiger partial charge in [0, 0.05) is 12.1 Å². The monoisotopic (exact) mass is 504 g/mol. The van der Waals surface area contributed by atoms with E-state index in [1.807, 2.05) is 6.07 Å². The second kappa shape index (κ2) is 10.3. The van der Waals surface area contributed by atoms with E-state index in [1.54, 1.807) is 39.3 Å². The molecule has 0 radical (unpaired) electrons. The van der Waals surface area contributed by atoms with Crippen LogP contribution in [0.4, 0.5) is 5.13 Å². The normalized spacial score (nSPS) is 15.4. The molecule has 8 nitrogen and oxygen atoms in total. The van der Waals surface area contributed by atoms with Crippen LogP contribution in [0.15, 0.2) is 41.3 Å². The number of hydrogen-bond donors (Lipinski definition) is 1. The van der Waals surface area contributed by atoms with E-state index in [0.29, 0.717) is 27.7 Å². The highest BCUT2D eigenvalue weighted by Crippen LogP contribution is 2.37. The molecule has 0 saturated heterocycles. The third kappa shape index (κ3) is 5.18. The molecule has 3 aromatic rings. The summed E-state index contributed by atoms with van der Waals surface area (Å²) in [5.74, 6) is 0.807. The number of carbonyl (C=O) groups is 1. The Labute approximate surface area is 203 Å². The first-order chi connectivity index (χ1) is 16.3. The number of carbonyl (C=O) groups excluding carboxylic acids is 1. The molecule has 0 bridgehead atoms. The molecule has 1 fully saturated rings. The summed E-state index contributed by atoms with van der Waals surface area (Å²) in [4.78, 5) is 18.1. The number of aromatic nitrogens is 1. The number of amides is 1. The van der Waals surface area contributed by atoms with Gasteiger partial charge in [0.2, 0.25) is 0 Å². The van der Waals surface area contributed by atoms with Crippen molar-refractivity contribution >= 4 is 42.4 Å². The van der Waals surface area contributed by atoms with Gasteiger partial charge in [0.1, 0.15) is 0 Å². The number of ether oxygens (including phenoxy) is 3. The van der Waals surface area contributed by atoms with Crippen molar-refractivity contribution in [2.45, 2.75) is 49.7 Å². The van der Waals surface area contributed by atoms with E-state index in [9.17, 15) is 13.2 Å². The smallest absolute Gasteiger partial charge is 0.259 e. The van der Waals surface area contributed by atoms with Crippen LogP contribution in [0.3, 0.4) is 0 Å². The molecule has 1 saturated carbocycles. The highest BCUT2D eigenvalue weighted by molar-refractivity contribution is 7.91. The third-order valence-corrected chi connectivity index (χ3v) is 8.60. The second-order valence-corrected chi connectivity index (χ2v) is 11.4. The maximum absolute atomic E-state index is 13.3. The van der Waals surface area contributed by atoms with Crippen LogP contribution in [0.1, 0.15) is 44.3 Å². The molecule has 34 heavy (non-hydrogen) atoms. The standard InChI is InChI=1S/C24H28N2O6S2/c1-4-34(28,29)17-11-9-15(10-12-17)22(32-16-7-5-6-8-16)23(27)26-24-25-18-13-19(30-2)20(31-3)14-21(18)33-24/h9-14,16,22H,4-8H2,1-3H3,(H,25,26,27). The van der Waals surface area contributed by atoms with Crippen LogP contribution in [0, 0.1) is 0 Å². The molecule has 10 heteroatoms. The third-order valence-electron chi connectivity index (χ3n) is 5.91. The molecule has 1 N–H and O–H groups in total. The molecule has 1 amide bonds. The maximum Gasteiger partial charge on any atom is 0.259 e. The number of benzene rings is 2. The Morgan fingerprint density at radius 2 is 1.76 bits per heavy atom. The molecular formula is C24H28N2O6S2. The summed E-state index contributed by atoms with van der Waals surface area (Å²) in [5.41, 5.74) is 1.28. The van der Waals surface area contributed by atoms with Crippen molar-refractivity contribution in [2.24, 2.45) is 0 Å². The van der Waals surface area contributed by atoms with Crippen LogP contribution in [-0.4, -0.2) is 45.4 Å². The summed E-state index contributed by atoms with van der Waals surface area (Å²) < 4.78 is 42.1. The lowest BCUT2D eigenvalue weighted by atomic mass is 10.1. The summed E-state index contributed by atoms with van der Waals surface area (Å²) in [6.45, 7) is 1.60. The lowest BCUT2D eigenvalue weighted by Crippen LogP contribution is -2.26. The first-order valence-corrected chi connectivity index (χ1v) is 13.6. The highest BCUT2D eigenvalue weighted by Gasteiger charge is 2.28. The number of methoxy groups -OCH3 is 2. The largest absolute Gasteiger partial charge is 0.493 e. The number of sulfone groups is 1. The number of thiazole rings is 1. The summed E-state index contributed by atoms with van der Waals surface area (Å²) in [7, 11) is -0.207. The summed E-state index contributed by atoms with van der Waals surface area (Å²) in [6, 6.07) is 9.94. The molecular weight excluding hydrogens is 476 g/mol. The molecule has 1 atom stereocenters. The van der Waals surface area contributed by atoms with Crippen molar-refractivity contribution in [3.63, 3.8) is 0 Å². The van der Waals surface area contributed by atoms with Crippen LogP contribution in [0.25, 0.3) is 10.2 Å². The zero-order valence-corrected chi connectivity index (χ0v) is 21.0. The van der Waals surface area contributed by atoms with Gasteiger partial charge in [-0.25, -0.2) is 13.4 Å². The zero-order valence-electron chi connectivity index (χ0n) is 19.4. The predicted octanol–water partition coefficient (Wildman–Crippen LogP) is 4.75. The number of nitrogens with one attached hydrogen (secondary N) is 1. The number of anilines is 1. The molecule has 2 aromatic carbocycles. The van der Waals surface area contributed by atoms with E-state index in [-0.39, 0.29) is 22.7 Å². The van der Waals surface area contributed by atoms with Gasteiger partial charge in [-0.1, -0.05) is 43.2 Å². The predicted molar refractivity (Wildman–Crippen MR) is 132 cm³/mol. The van der Waals surface area contributed by atoms with Crippen LogP contribution >= 0.6 is 11.3 Å². The fourth-order valence-electron chi connectivity index (χ4n) is 4.00. The number of hydrogen-bond acceptors (Lipinski definition) is 8. The van der Waals surface area contributed by atoms with Gasteiger partial charge in [-0.15, -0.1) is 0 Å². The van der Waals surface area contributed by atoms with Crippen molar-refractivity contribution in [3.05, 3.63) is 42.0 Å². The molecule has 0 spiro atoms. The van der Waals surface area contributed by atoms with Crippen molar-refractivity contribution in [2.75, 3.05) is 25.3 Å². The number of nitrogens with zero attached hydrogens (tertiary/aromatic N) is 1. The van der Waals surface area contributed by atoms with Crippen molar-refractivity contribution in [1.29, 1.82) is 0 Å². The second-order valence-electron chi connectivity index (χ2n) is 8.08. The van der Waals surface area contributed by atoms with E-state index in [4.69, 9.17) is 14.2 Å². The van der Waals surface area contributed by atoms with E-state index >= 15 is 0 Å². The van der Waals surface area contributed by atoms with Gasteiger partial charge in [0.05, 0.1) is 41.2 Å². The molecule has 1 aliphatic rings. The van der Waals surface area contributed by atoms with Crippen LogP contribution < -0.4 is 14.8 Å². The van der Waals surface area contributed by atoms with Gasteiger partial charge >= 0.3 is 0 Å². The van der Waals surface area contributed by atoms with Gasteiger partial charge in [0.15, 0.2) is 32.6 Å². The maximum atomic E-state index is 13.3. The number of rotatable bonds is 9. The van der Waals surface area contributed by atoms with Gasteiger partial charge < -0.3 is 14.2 Å². The zero-order chi connectivity index (χ0) is 24.3. The molecule has 182 valence electrons. The molecule has 4 rings (SSSR count). The summed E-state index contributed by atoms with van der Waals surface area (Å²) >= 11 is 1.32.